The second-order valence-electron chi connectivity index (χ2n) is 8.17. The third-order valence-electron chi connectivity index (χ3n) is 4.82. The normalized spacial score (nSPS) is 18.2. The summed E-state index contributed by atoms with van der Waals surface area (Å²) < 4.78 is 39.4. The van der Waals surface area contributed by atoms with Gasteiger partial charge in [0.15, 0.2) is 12.2 Å². The maximum absolute atomic E-state index is 13.1. The zero-order chi connectivity index (χ0) is 24.5. The Hall–Kier alpha value is -2.21. The minimum atomic E-state index is -4.28. The van der Waals surface area contributed by atoms with Crippen LogP contribution >= 0.6 is 0 Å². The number of hydrogen-bond donors (Lipinski definition) is 5. The first-order valence-corrected chi connectivity index (χ1v) is 10.2. The van der Waals surface area contributed by atoms with Crippen LogP contribution in [-0.2, 0) is 22.3 Å². The zero-order valence-corrected chi connectivity index (χ0v) is 18.0. The maximum Gasteiger partial charge on any atom is 0.416 e. The van der Waals surface area contributed by atoms with Crippen molar-refractivity contribution in [1.82, 2.24) is 10.2 Å². The van der Waals surface area contributed by atoms with Gasteiger partial charge in [0.2, 0.25) is 0 Å². The van der Waals surface area contributed by atoms with E-state index in [0.29, 0.717) is 23.9 Å². The van der Waals surface area contributed by atoms with Crippen molar-refractivity contribution in [1.29, 1.82) is 0 Å². The summed E-state index contributed by atoms with van der Waals surface area (Å²) in [5.74, 6) is -2.56. The van der Waals surface area contributed by atoms with Gasteiger partial charge in [-0.3, -0.25) is 4.90 Å². The molecule has 1 aliphatic rings. The summed E-state index contributed by atoms with van der Waals surface area (Å²) in [5.41, 5.74) is -0.130. The Bertz CT molecular complexity index is 720. The smallest absolute Gasteiger partial charge is 0.416 e. The van der Waals surface area contributed by atoms with Crippen molar-refractivity contribution in [2.75, 3.05) is 26.2 Å². The van der Waals surface area contributed by atoms with Crippen LogP contribution in [0.25, 0.3) is 0 Å². The number of nitrogens with one attached hydrogen (secondary N) is 1. The van der Waals surface area contributed by atoms with Crippen LogP contribution in [0.2, 0.25) is 0 Å². The molecule has 1 aromatic rings. The van der Waals surface area contributed by atoms with Gasteiger partial charge < -0.3 is 25.7 Å². The molecule has 11 heteroatoms. The van der Waals surface area contributed by atoms with Gasteiger partial charge in [-0.1, -0.05) is 32.0 Å². The Kier molecular flexibility index (Phi) is 11.1. The summed E-state index contributed by atoms with van der Waals surface area (Å²) in [4.78, 5) is 21.7. The summed E-state index contributed by atoms with van der Waals surface area (Å²) in [6.45, 7) is 8.24. The number of aliphatic hydroxyl groups is 2. The van der Waals surface area contributed by atoms with Gasteiger partial charge in [-0.2, -0.15) is 13.2 Å². The molecule has 0 spiro atoms. The van der Waals surface area contributed by atoms with Crippen LogP contribution in [0.3, 0.4) is 0 Å². The zero-order valence-electron chi connectivity index (χ0n) is 18.0. The fraction of sp³-hybridized carbons (Fsp3) is 0.619. The van der Waals surface area contributed by atoms with Crippen LogP contribution in [0.15, 0.2) is 24.3 Å². The molecule has 2 unspecified atom stereocenters. The Morgan fingerprint density at radius 3 is 2.12 bits per heavy atom. The van der Waals surface area contributed by atoms with Crippen molar-refractivity contribution in [3.63, 3.8) is 0 Å². The number of nitrogens with zero attached hydrogens (tertiary/aromatic N) is 1. The number of carbonyl (C=O) groups is 2. The second-order valence-corrected chi connectivity index (χ2v) is 8.17. The molecule has 1 heterocycles. The number of carboxylic acids is 2. The highest BCUT2D eigenvalue weighted by Gasteiger charge is 2.33. The van der Waals surface area contributed by atoms with E-state index in [9.17, 15) is 22.8 Å². The van der Waals surface area contributed by atoms with Crippen molar-refractivity contribution in [2.45, 2.75) is 45.2 Å². The highest BCUT2D eigenvalue weighted by molar-refractivity contribution is 5.83. The summed E-state index contributed by atoms with van der Waals surface area (Å²) in [5, 5.41) is 35.8. The number of carboxylic acid groups (broad SMARTS) is 2. The number of hydrogen-bond acceptors (Lipinski definition) is 6. The molecule has 8 nitrogen and oxygen atoms in total. The van der Waals surface area contributed by atoms with Crippen LogP contribution < -0.4 is 5.32 Å². The number of rotatable bonds is 9. The Balaban J connectivity index is 0.000000433. The Morgan fingerprint density at radius 1 is 1.12 bits per heavy atom. The van der Waals surface area contributed by atoms with Gasteiger partial charge in [0, 0.05) is 19.6 Å². The third-order valence-corrected chi connectivity index (χ3v) is 4.82. The molecule has 1 fully saturated rings. The quantitative estimate of drug-likeness (QED) is 0.373. The highest BCUT2D eigenvalue weighted by Crippen LogP contribution is 2.32. The molecule has 0 amide bonds. The molecular weight excluding hydrogens is 433 g/mol. The monoisotopic (exact) mass is 464 g/mol. The van der Waals surface area contributed by atoms with Crippen LogP contribution in [0.1, 0.15) is 31.4 Å². The van der Waals surface area contributed by atoms with E-state index in [4.69, 9.17) is 20.4 Å². The number of benzene rings is 1. The fourth-order valence-corrected chi connectivity index (χ4v) is 3.40. The Labute approximate surface area is 184 Å². The van der Waals surface area contributed by atoms with Crippen LogP contribution in [-0.4, -0.2) is 75.7 Å². The van der Waals surface area contributed by atoms with Crippen molar-refractivity contribution in [3.05, 3.63) is 35.4 Å². The maximum atomic E-state index is 13.1. The lowest BCUT2D eigenvalue weighted by Crippen LogP contribution is -2.39. The van der Waals surface area contributed by atoms with Crippen LogP contribution in [0.4, 0.5) is 13.2 Å². The molecule has 0 aliphatic carbocycles. The molecule has 0 saturated carbocycles. The lowest BCUT2D eigenvalue weighted by molar-refractivity contribution is -0.165. The van der Waals surface area contributed by atoms with Gasteiger partial charge >= 0.3 is 18.1 Å². The number of aliphatic carboxylic acids is 2. The molecule has 32 heavy (non-hydrogen) atoms. The fourth-order valence-electron chi connectivity index (χ4n) is 3.40. The molecule has 1 saturated heterocycles. The number of halogens is 3. The molecule has 0 bridgehead atoms. The van der Waals surface area contributed by atoms with Crippen molar-refractivity contribution < 1.29 is 43.2 Å². The van der Waals surface area contributed by atoms with Gasteiger partial charge in [-0.15, -0.1) is 0 Å². The molecule has 1 aliphatic heterocycles. The van der Waals surface area contributed by atoms with E-state index in [1.54, 1.807) is 12.1 Å². The summed E-state index contributed by atoms with van der Waals surface area (Å²) in [6.07, 6.45) is -7.71. The summed E-state index contributed by atoms with van der Waals surface area (Å²) in [6, 6.07) is 5.93. The lowest BCUT2D eigenvalue weighted by atomic mass is 10.0. The van der Waals surface area contributed by atoms with Crippen molar-refractivity contribution >= 4 is 11.9 Å². The predicted molar refractivity (Wildman–Crippen MR) is 110 cm³/mol. The van der Waals surface area contributed by atoms with Gasteiger partial charge in [0.25, 0.3) is 0 Å². The number of alkyl halides is 3. The van der Waals surface area contributed by atoms with Gasteiger partial charge in [0.1, 0.15) is 0 Å². The standard InChI is InChI=1S/C17H25F3N2.C4H6O6/c1-13(2)10-22(11-14-7-8-21-9-14)12-15-5-3-4-6-16(15)17(18,19)20;5-1(3(7)8)2(6)4(9)10/h3-6,13-14,21H,7-12H2,1-2H3;1-2,5-6H,(H,7,8)(H,9,10)/t14-;/m0./s1. The Morgan fingerprint density at radius 2 is 1.69 bits per heavy atom. The minimum Gasteiger partial charge on any atom is -0.479 e. The average Bonchev–Trinajstić information content (AvgIpc) is 3.19. The highest BCUT2D eigenvalue weighted by atomic mass is 19.4. The van der Waals surface area contributed by atoms with Crippen LogP contribution in [0.5, 0.6) is 0 Å². The first-order valence-electron chi connectivity index (χ1n) is 10.2. The molecule has 2 rings (SSSR count). The third kappa shape index (κ3) is 9.51. The second kappa shape index (κ2) is 12.7. The minimum absolute atomic E-state index is 0.365. The summed E-state index contributed by atoms with van der Waals surface area (Å²) >= 11 is 0. The topological polar surface area (TPSA) is 130 Å². The van der Waals surface area contributed by atoms with Gasteiger partial charge in [0.05, 0.1) is 5.56 Å². The van der Waals surface area contributed by atoms with E-state index in [1.165, 1.54) is 12.1 Å². The van der Waals surface area contributed by atoms with Crippen molar-refractivity contribution in [2.24, 2.45) is 11.8 Å². The van der Waals surface area contributed by atoms with E-state index in [0.717, 1.165) is 32.6 Å². The molecule has 3 atom stereocenters. The van der Waals surface area contributed by atoms with E-state index in [-0.39, 0.29) is 0 Å². The van der Waals surface area contributed by atoms with E-state index in [1.807, 2.05) is 0 Å². The molecule has 0 radical (unpaired) electrons. The van der Waals surface area contributed by atoms with Gasteiger partial charge in [-0.05, 0) is 43.0 Å². The largest absolute Gasteiger partial charge is 0.479 e. The molecule has 1 aromatic carbocycles. The molecule has 0 aromatic heterocycles. The first kappa shape index (κ1) is 27.8. The van der Waals surface area contributed by atoms with Crippen molar-refractivity contribution in [3.8, 4) is 0 Å². The first-order chi connectivity index (χ1) is 14.8. The predicted octanol–water partition coefficient (Wildman–Crippen LogP) is 1.65. The van der Waals surface area contributed by atoms with E-state index < -0.39 is 35.9 Å². The molecule has 5 N–H and O–H groups in total. The van der Waals surface area contributed by atoms with Gasteiger partial charge in [-0.25, -0.2) is 9.59 Å². The van der Waals surface area contributed by atoms with Crippen LogP contribution in [0, 0.1) is 11.8 Å². The molecule has 182 valence electrons. The van der Waals surface area contributed by atoms with E-state index in [2.05, 4.69) is 24.1 Å². The number of aliphatic hydroxyl groups excluding tert-OH is 2. The average molecular weight is 464 g/mol. The SMILES string of the molecule is CC(C)CN(Cc1ccccc1C(F)(F)F)C[C@H]1CCNC1.O=C(O)C(O)C(O)C(=O)O. The summed E-state index contributed by atoms with van der Waals surface area (Å²) in [7, 11) is 0. The van der Waals surface area contributed by atoms with E-state index >= 15 is 0 Å². The lowest BCUT2D eigenvalue weighted by Gasteiger charge is -2.28. The molecular formula is C21H31F3N2O6.